The summed E-state index contributed by atoms with van der Waals surface area (Å²) >= 11 is 7.97. The van der Waals surface area contributed by atoms with Crippen LogP contribution in [0.3, 0.4) is 0 Å². The first-order valence-electron chi connectivity index (χ1n) is 5.23. The van der Waals surface area contributed by atoms with Gasteiger partial charge in [0.1, 0.15) is 3.70 Å². The van der Waals surface area contributed by atoms with Gasteiger partial charge in [-0.3, -0.25) is 4.40 Å². The first-order valence-corrected chi connectivity index (χ1v) is 6.69. The smallest absolute Gasteiger partial charge is 0.174 e. The molecular weight excluding hydrogens is 366 g/mol. The average molecular weight is 373 g/mol. The van der Waals surface area contributed by atoms with Gasteiger partial charge in [0.05, 0.1) is 6.20 Å². The maximum absolute atomic E-state index is 13.9. The van der Waals surface area contributed by atoms with E-state index in [-0.39, 0.29) is 5.82 Å². The molecule has 2 heterocycles. The van der Waals surface area contributed by atoms with Crippen LogP contribution in [0, 0.1) is 9.52 Å². The normalized spacial score (nSPS) is 11.1. The number of nitrogens with zero attached hydrogens (tertiary/aromatic N) is 2. The Morgan fingerprint density at radius 3 is 2.61 bits per heavy atom. The molecule has 0 atom stereocenters. The first-order chi connectivity index (χ1) is 8.65. The van der Waals surface area contributed by atoms with E-state index in [1.807, 2.05) is 18.3 Å². The Labute approximate surface area is 122 Å². The Bertz CT molecular complexity index is 722. The van der Waals surface area contributed by atoms with E-state index in [9.17, 15) is 4.39 Å². The molecule has 0 saturated heterocycles. The number of halogens is 3. The fraction of sp³-hybridized carbons (Fsp3) is 0. The molecule has 0 saturated carbocycles. The number of hydrogen-bond donors (Lipinski definition) is 0. The van der Waals surface area contributed by atoms with Gasteiger partial charge in [0.15, 0.2) is 11.5 Å². The maximum atomic E-state index is 13.9. The largest absolute Gasteiger partial charge is 0.292 e. The van der Waals surface area contributed by atoms with Gasteiger partial charge in [-0.05, 0) is 46.4 Å². The van der Waals surface area contributed by atoms with Gasteiger partial charge in [-0.25, -0.2) is 9.37 Å². The average Bonchev–Trinajstić information content (AvgIpc) is 2.73. The van der Waals surface area contributed by atoms with Crippen molar-refractivity contribution in [1.29, 1.82) is 0 Å². The van der Waals surface area contributed by atoms with Crippen LogP contribution in [0.4, 0.5) is 4.39 Å². The van der Waals surface area contributed by atoms with Gasteiger partial charge in [-0.1, -0.05) is 23.7 Å². The van der Waals surface area contributed by atoms with Crippen LogP contribution in [-0.4, -0.2) is 9.38 Å². The number of hydrogen-bond acceptors (Lipinski definition) is 1. The molecule has 3 aromatic rings. The summed E-state index contributed by atoms with van der Waals surface area (Å²) in [7, 11) is 0. The molecule has 0 fully saturated rings. The van der Waals surface area contributed by atoms with Crippen molar-refractivity contribution in [2.45, 2.75) is 0 Å². The minimum Gasteiger partial charge on any atom is -0.292 e. The summed E-state index contributed by atoms with van der Waals surface area (Å²) < 4.78 is 16.5. The molecule has 90 valence electrons. The second-order valence-corrected chi connectivity index (χ2v) is 5.40. The standard InChI is InChI=1S/C13H7ClFIN2/c14-10-3-1-8(2-4-10)9-5-11(15)13-17-6-12(16)18(13)7-9/h1-7H. The van der Waals surface area contributed by atoms with E-state index in [1.165, 1.54) is 6.07 Å². The van der Waals surface area contributed by atoms with Gasteiger partial charge in [-0.2, -0.15) is 0 Å². The van der Waals surface area contributed by atoms with Crippen LogP contribution >= 0.6 is 34.2 Å². The topological polar surface area (TPSA) is 17.3 Å². The third-order valence-corrected chi connectivity index (χ3v) is 3.74. The van der Waals surface area contributed by atoms with Crippen LogP contribution in [0.15, 0.2) is 42.7 Å². The van der Waals surface area contributed by atoms with Crippen molar-refractivity contribution in [3.63, 3.8) is 0 Å². The lowest BCUT2D eigenvalue weighted by Crippen LogP contribution is -1.92. The molecule has 0 aliphatic carbocycles. The van der Waals surface area contributed by atoms with Gasteiger partial charge in [-0.15, -0.1) is 0 Å². The van der Waals surface area contributed by atoms with E-state index in [0.29, 0.717) is 10.7 Å². The van der Waals surface area contributed by atoms with E-state index in [2.05, 4.69) is 27.6 Å². The zero-order valence-corrected chi connectivity index (χ0v) is 12.0. The quantitative estimate of drug-likeness (QED) is 0.579. The molecule has 0 aliphatic heterocycles. The molecule has 0 amide bonds. The van der Waals surface area contributed by atoms with Crippen molar-refractivity contribution in [2.75, 3.05) is 0 Å². The number of pyridine rings is 1. The highest BCUT2D eigenvalue weighted by Gasteiger charge is 2.09. The summed E-state index contributed by atoms with van der Waals surface area (Å²) in [5.41, 5.74) is 2.06. The van der Waals surface area contributed by atoms with Crippen LogP contribution in [-0.2, 0) is 0 Å². The van der Waals surface area contributed by atoms with Crippen molar-refractivity contribution in [3.05, 3.63) is 57.3 Å². The van der Waals surface area contributed by atoms with E-state index in [1.54, 1.807) is 22.7 Å². The molecule has 0 N–H and O–H groups in total. The third-order valence-electron chi connectivity index (χ3n) is 2.69. The minimum atomic E-state index is -0.328. The van der Waals surface area contributed by atoms with Gasteiger partial charge in [0.25, 0.3) is 0 Å². The lowest BCUT2D eigenvalue weighted by atomic mass is 10.1. The van der Waals surface area contributed by atoms with E-state index >= 15 is 0 Å². The van der Waals surface area contributed by atoms with Gasteiger partial charge in [0.2, 0.25) is 0 Å². The monoisotopic (exact) mass is 372 g/mol. The first kappa shape index (κ1) is 11.9. The Kier molecular flexibility index (Phi) is 2.99. The SMILES string of the molecule is Fc1cc(-c2ccc(Cl)cc2)cn2c(I)cnc12. The highest BCUT2D eigenvalue weighted by Crippen LogP contribution is 2.24. The number of rotatable bonds is 1. The molecule has 3 rings (SSSR count). The molecular formula is C13H7ClFIN2. The fourth-order valence-corrected chi connectivity index (χ4v) is 2.45. The molecule has 0 aliphatic rings. The number of benzene rings is 1. The van der Waals surface area contributed by atoms with E-state index in [4.69, 9.17) is 11.6 Å². The zero-order valence-electron chi connectivity index (χ0n) is 9.07. The second-order valence-electron chi connectivity index (χ2n) is 3.86. The lowest BCUT2D eigenvalue weighted by molar-refractivity contribution is 0.630. The van der Waals surface area contributed by atoms with Crippen molar-refractivity contribution in [1.82, 2.24) is 9.38 Å². The molecule has 18 heavy (non-hydrogen) atoms. The summed E-state index contributed by atoms with van der Waals surface area (Å²) in [4.78, 5) is 4.03. The summed E-state index contributed by atoms with van der Waals surface area (Å²) in [5.74, 6) is -0.328. The van der Waals surface area contributed by atoms with Gasteiger partial charge >= 0.3 is 0 Å². The predicted octanol–water partition coefficient (Wildman–Crippen LogP) is 4.40. The summed E-state index contributed by atoms with van der Waals surface area (Å²) in [6.07, 6.45) is 3.51. The molecule has 0 radical (unpaired) electrons. The molecule has 5 heteroatoms. The highest BCUT2D eigenvalue weighted by molar-refractivity contribution is 14.1. The molecule has 1 aromatic carbocycles. The van der Waals surface area contributed by atoms with Crippen LogP contribution in [0.5, 0.6) is 0 Å². The Hall–Kier alpha value is -1.14. The van der Waals surface area contributed by atoms with Crippen LogP contribution < -0.4 is 0 Å². The molecule has 0 spiro atoms. The predicted molar refractivity (Wildman–Crippen MR) is 78.3 cm³/mol. The van der Waals surface area contributed by atoms with E-state index in [0.717, 1.165) is 14.8 Å². The van der Waals surface area contributed by atoms with E-state index < -0.39 is 0 Å². The van der Waals surface area contributed by atoms with Crippen molar-refractivity contribution in [2.24, 2.45) is 0 Å². The lowest BCUT2D eigenvalue weighted by Gasteiger charge is -2.05. The summed E-state index contributed by atoms with van der Waals surface area (Å²) in [5, 5.41) is 0.664. The summed E-state index contributed by atoms with van der Waals surface area (Å²) in [6, 6.07) is 8.80. The Morgan fingerprint density at radius 2 is 1.89 bits per heavy atom. The maximum Gasteiger partial charge on any atom is 0.174 e. The Morgan fingerprint density at radius 1 is 1.17 bits per heavy atom. The van der Waals surface area contributed by atoms with Crippen LogP contribution in [0.1, 0.15) is 0 Å². The Balaban J connectivity index is 2.23. The van der Waals surface area contributed by atoms with Gasteiger partial charge in [0, 0.05) is 16.8 Å². The second kappa shape index (κ2) is 4.51. The van der Waals surface area contributed by atoms with Crippen LogP contribution in [0.2, 0.25) is 5.02 Å². The highest BCUT2D eigenvalue weighted by atomic mass is 127. The van der Waals surface area contributed by atoms with Crippen LogP contribution in [0.25, 0.3) is 16.8 Å². The number of fused-ring (bicyclic) bond motifs is 1. The molecule has 2 aromatic heterocycles. The van der Waals surface area contributed by atoms with Crippen molar-refractivity contribution >= 4 is 39.8 Å². The zero-order chi connectivity index (χ0) is 12.7. The number of imidazole rings is 1. The minimum absolute atomic E-state index is 0.328. The molecule has 0 unspecified atom stereocenters. The van der Waals surface area contributed by atoms with Crippen molar-refractivity contribution < 1.29 is 4.39 Å². The number of aromatic nitrogens is 2. The summed E-state index contributed by atoms with van der Waals surface area (Å²) in [6.45, 7) is 0. The van der Waals surface area contributed by atoms with Crippen molar-refractivity contribution in [3.8, 4) is 11.1 Å². The third kappa shape index (κ3) is 1.99. The molecule has 0 bridgehead atoms. The fourth-order valence-electron chi connectivity index (χ4n) is 1.82. The van der Waals surface area contributed by atoms with Gasteiger partial charge < -0.3 is 0 Å². The molecule has 2 nitrogen and oxygen atoms in total.